The smallest absolute Gasteiger partial charge is 0.220 e. The van der Waals surface area contributed by atoms with Crippen molar-refractivity contribution in [2.75, 3.05) is 27.4 Å². The molecule has 5 heterocycles. The summed E-state index contributed by atoms with van der Waals surface area (Å²) in [7, 11) is 0.580. The van der Waals surface area contributed by atoms with E-state index in [2.05, 4.69) is 43.9 Å². The lowest BCUT2D eigenvalue weighted by Crippen LogP contribution is -2.74. The average Bonchev–Trinajstić information content (AvgIpc) is 3.45. The van der Waals surface area contributed by atoms with Crippen molar-refractivity contribution in [3.8, 4) is 0 Å². The molecule has 264 valence electrons. The molecule has 0 unspecified atom stereocenters. The molecule has 0 saturated carbocycles. The quantitative estimate of drug-likeness (QED) is 0.148. The average molecular weight is 676 g/mol. The van der Waals surface area contributed by atoms with Crippen LogP contribution in [0.3, 0.4) is 0 Å². The second-order valence-corrected chi connectivity index (χ2v) is 20.1. The van der Waals surface area contributed by atoms with Gasteiger partial charge in [-0.2, -0.15) is 0 Å². The third-order valence-corrected chi connectivity index (χ3v) is 14.6. The highest BCUT2D eigenvalue weighted by Crippen LogP contribution is 2.48. The fourth-order valence-corrected chi connectivity index (χ4v) is 7.69. The van der Waals surface area contributed by atoms with E-state index in [1.54, 1.807) is 13.8 Å². The van der Waals surface area contributed by atoms with Crippen LogP contribution in [0.15, 0.2) is 5.11 Å². The van der Waals surface area contributed by atoms with E-state index in [0.29, 0.717) is 0 Å². The van der Waals surface area contributed by atoms with Gasteiger partial charge in [0.2, 0.25) is 11.6 Å². The van der Waals surface area contributed by atoms with Gasteiger partial charge in [-0.1, -0.05) is 25.9 Å². The van der Waals surface area contributed by atoms with Crippen LogP contribution in [-0.2, 0) is 56.5 Å². The van der Waals surface area contributed by atoms with Crippen LogP contribution < -0.4 is 0 Å². The fourth-order valence-electron chi connectivity index (χ4n) is 6.41. The van der Waals surface area contributed by atoms with Crippen molar-refractivity contribution in [1.82, 2.24) is 0 Å². The predicted octanol–water partition coefficient (Wildman–Crippen LogP) is 4.33. The maximum absolute atomic E-state index is 9.21. The lowest BCUT2D eigenvalue weighted by atomic mass is 9.93. The van der Waals surface area contributed by atoms with Gasteiger partial charge in [0.1, 0.15) is 42.7 Å². The van der Waals surface area contributed by atoms with Crippen molar-refractivity contribution in [2.24, 2.45) is 5.11 Å². The standard InChI is InChI=1S/C30H53N3O12Si/c1-26(2,3)46(12,13)45-23-21-18(42-29(8,34-10)30(9,35-11)43-21)16(14-32-33-31)37-24(23)36-15-17-19-20(40-27(4,5)39-19)22-25(38-17)44-28(6,7)41-22/h16-25H,14-15H2,1-13H3/t16-,17-,18-,19+,20+,21+,22-,23+,24+,25-,29+,30+/m1/s1. The molecule has 0 aromatic heterocycles. The third kappa shape index (κ3) is 6.64. The molecule has 5 aliphatic heterocycles. The summed E-state index contributed by atoms with van der Waals surface area (Å²) in [6, 6.07) is 0. The normalized spacial score (nSPS) is 45.0. The zero-order valence-electron chi connectivity index (χ0n) is 29.4. The summed E-state index contributed by atoms with van der Waals surface area (Å²) >= 11 is 0. The van der Waals surface area contributed by atoms with Gasteiger partial charge in [-0.25, -0.2) is 0 Å². The molecule has 5 saturated heterocycles. The Morgan fingerprint density at radius 2 is 1.28 bits per heavy atom. The first-order valence-corrected chi connectivity index (χ1v) is 18.9. The van der Waals surface area contributed by atoms with E-state index in [0.717, 1.165) is 0 Å². The van der Waals surface area contributed by atoms with Crippen LogP contribution in [0.5, 0.6) is 0 Å². The molecule has 0 radical (unpaired) electrons. The fraction of sp³-hybridized carbons (Fsp3) is 1.00. The molecule has 0 spiro atoms. The molecule has 0 aromatic rings. The van der Waals surface area contributed by atoms with E-state index in [9.17, 15) is 5.53 Å². The van der Waals surface area contributed by atoms with E-state index in [4.69, 9.17) is 56.5 Å². The maximum Gasteiger partial charge on any atom is 0.220 e. The first kappa shape index (κ1) is 36.3. The topological polar surface area (TPSA) is 160 Å². The SMILES string of the molecule is CO[C@@]1(C)O[C@@H]2[C@H](O[Si](C)(C)C(C)(C)C)[C@@H](OC[C@H]3O[C@@H]4OC(C)(C)O[C@@H]4[C@H]4OC(C)(C)O[C@H]43)O[C@H](CN=[N+]=[N-])[C@H]2O[C@]1(C)OC. The third-order valence-electron chi connectivity index (χ3n) is 10.2. The van der Waals surface area contributed by atoms with E-state index < -0.39 is 92.9 Å². The highest BCUT2D eigenvalue weighted by atomic mass is 28.4. The number of methoxy groups -OCH3 is 2. The molecule has 15 nitrogen and oxygen atoms in total. The Morgan fingerprint density at radius 3 is 1.87 bits per heavy atom. The number of fused-ring (bicyclic) bond motifs is 4. The molecule has 12 atom stereocenters. The molecular weight excluding hydrogens is 622 g/mol. The molecule has 0 amide bonds. The van der Waals surface area contributed by atoms with Gasteiger partial charge in [-0.15, -0.1) is 0 Å². The van der Waals surface area contributed by atoms with E-state index in [1.165, 1.54) is 14.2 Å². The van der Waals surface area contributed by atoms with Crippen LogP contribution in [0.2, 0.25) is 18.1 Å². The summed E-state index contributed by atoms with van der Waals surface area (Å²) in [5.74, 6) is -4.37. The molecule has 5 aliphatic rings. The molecular formula is C30H53N3O12Si. The van der Waals surface area contributed by atoms with Gasteiger partial charge in [0.15, 0.2) is 32.5 Å². The Hall–Kier alpha value is -0.953. The monoisotopic (exact) mass is 675 g/mol. The molecule has 0 aromatic carbocycles. The summed E-state index contributed by atoms with van der Waals surface area (Å²) in [4.78, 5) is 2.97. The van der Waals surface area contributed by atoms with Crippen LogP contribution >= 0.6 is 0 Å². The molecule has 5 rings (SSSR count). The Labute approximate surface area is 272 Å². The van der Waals surface area contributed by atoms with Crippen molar-refractivity contribution in [2.45, 2.75) is 165 Å². The highest BCUT2D eigenvalue weighted by Gasteiger charge is 2.65. The number of ether oxygens (including phenoxy) is 11. The number of nitrogens with zero attached hydrogens (tertiary/aromatic N) is 3. The van der Waals surface area contributed by atoms with Crippen LogP contribution in [0.1, 0.15) is 62.3 Å². The summed E-state index contributed by atoms with van der Waals surface area (Å²) < 4.78 is 76.3. The number of hydrogen-bond acceptors (Lipinski definition) is 13. The minimum atomic E-state index is -2.46. The lowest BCUT2D eigenvalue weighted by Gasteiger charge is -2.58. The van der Waals surface area contributed by atoms with Crippen LogP contribution in [0.25, 0.3) is 10.4 Å². The Kier molecular flexibility index (Phi) is 9.81. The van der Waals surface area contributed by atoms with Gasteiger partial charge in [0.25, 0.3) is 0 Å². The number of rotatable bonds is 9. The van der Waals surface area contributed by atoms with E-state index >= 15 is 0 Å². The van der Waals surface area contributed by atoms with Crippen molar-refractivity contribution in [3.05, 3.63) is 10.4 Å². The van der Waals surface area contributed by atoms with Crippen LogP contribution in [-0.4, -0.2) is 120 Å². The first-order valence-electron chi connectivity index (χ1n) is 16.0. The molecule has 0 N–H and O–H groups in total. The van der Waals surface area contributed by atoms with Crippen molar-refractivity contribution in [3.63, 3.8) is 0 Å². The van der Waals surface area contributed by atoms with E-state index in [1.807, 2.05) is 27.7 Å². The molecule has 16 heteroatoms. The van der Waals surface area contributed by atoms with Gasteiger partial charge >= 0.3 is 0 Å². The minimum absolute atomic E-state index is 0.0411. The molecule has 0 aliphatic carbocycles. The van der Waals surface area contributed by atoms with Gasteiger partial charge in [-0.3, -0.25) is 0 Å². The molecule has 0 bridgehead atoms. The zero-order chi connectivity index (χ0) is 34.1. The van der Waals surface area contributed by atoms with Gasteiger partial charge in [0, 0.05) is 19.1 Å². The van der Waals surface area contributed by atoms with Gasteiger partial charge in [-0.05, 0) is 65.2 Å². The maximum atomic E-state index is 9.21. The lowest BCUT2D eigenvalue weighted by molar-refractivity contribution is -0.477. The van der Waals surface area contributed by atoms with Crippen molar-refractivity contribution < 1.29 is 56.5 Å². The largest absolute Gasteiger partial charge is 0.406 e. The van der Waals surface area contributed by atoms with Crippen LogP contribution in [0, 0.1) is 0 Å². The zero-order valence-corrected chi connectivity index (χ0v) is 30.4. The van der Waals surface area contributed by atoms with Gasteiger partial charge in [0.05, 0.1) is 19.3 Å². The van der Waals surface area contributed by atoms with Crippen molar-refractivity contribution in [1.29, 1.82) is 0 Å². The minimum Gasteiger partial charge on any atom is -0.406 e. The summed E-state index contributed by atoms with van der Waals surface area (Å²) in [5, 5.41) is 3.66. The Balaban J connectivity index is 1.46. The van der Waals surface area contributed by atoms with E-state index in [-0.39, 0.29) is 18.2 Å². The van der Waals surface area contributed by atoms with Crippen LogP contribution in [0.4, 0.5) is 0 Å². The predicted molar refractivity (Wildman–Crippen MR) is 164 cm³/mol. The summed E-state index contributed by atoms with van der Waals surface area (Å²) in [6.07, 6.45) is -6.69. The summed E-state index contributed by atoms with van der Waals surface area (Å²) in [6.45, 7) is 21.6. The second kappa shape index (κ2) is 12.4. The van der Waals surface area contributed by atoms with Gasteiger partial charge < -0.3 is 56.5 Å². The van der Waals surface area contributed by atoms with Crippen molar-refractivity contribution >= 4 is 8.32 Å². The molecule has 5 fully saturated rings. The first-order chi connectivity index (χ1) is 21.2. The summed E-state index contributed by atoms with van der Waals surface area (Å²) in [5.41, 5.74) is 9.21. The molecule has 46 heavy (non-hydrogen) atoms. The second-order valence-electron chi connectivity index (χ2n) is 15.3. The number of hydrogen-bond donors (Lipinski definition) is 0. The number of azide groups is 1. The Bertz CT molecular complexity index is 1160. The highest BCUT2D eigenvalue weighted by molar-refractivity contribution is 6.74. The Morgan fingerprint density at radius 1 is 0.739 bits per heavy atom.